The van der Waals surface area contributed by atoms with Gasteiger partial charge in [-0.1, -0.05) is 56.8 Å². The number of thioether (sulfide) groups is 1. The van der Waals surface area contributed by atoms with Crippen LogP contribution < -0.4 is 10.9 Å². The Balaban J connectivity index is 2.01. The molecule has 1 heterocycles. The molecule has 29 heavy (non-hydrogen) atoms. The first-order valence-electron chi connectivity index (χ1n) is 9.50. The van der Waals surface area contributed by atoms with Gasteiger partial charge in [-0.05, 0) is 23.5 Å². The number of carbonyl (C=O) groups is 2. The fraction of sp³-hybridized carbons (Fsp3) is 0.429. The van der Waals surface area contributed by atoms with Gasteiger partial charge in [-0.25, -0.2) is 4.98 Å². The van der Waals surface area contributed by atoms with E-state index in [1.165, 1.54) is 18.7 Å². The second-order valence-electron chi connectivity index (χ2n) is 6.97. The molecule has 0 radical (unpaired) electrons. The fourth-order valence-electron chi connectivity index (χ4n) is 2.81. The van der Waals surface area contributed by atoms with Crippen molar-refractivity contribution in [1.82, 2.24) is 15.3 Å². The average molecular weight is 418 g/mol. The smallest absolute Gasteiger partial charge is 0.311 e. The molecular formula is C21H27N3O4S. The molecule has 0 fully saturated rings. The second-order valence-corrected chi connectivity index (χ2v) is 7.93. The van der Waals surface area contributed by atoms with Gasteiger partial charge in [0.05, 0.1) is 31.0 Å². The third-order valence-electron chi connectivity index (χ3n) is 4.40. The summed E-state index contributed by atoms with van der Waals surface area (Å²) < 4.78 is 4.59. The molecule has 0 aliphatic heterocycles. The molecule has 0 saturated heterocycles. The molecular weight excluding hydrogens is 390 g/mol. The second kappa shape index (κ2) is 10.8. The molecule has 0 bridgehead atoms. The molecule has 0 aliphatic carbocycles. The summed E-state index contributed by atoms with van der Waals surface area (Å²) in [6.07, 6.45) is 0.874. The summed E-state index contributed by atoms with van der Waals surface area (Å²) in [5.41, 5.74) is 2.24. The lowest BCUT2D eigenvalue weighted by Gasteiger charge is -2.23. The van der Waals surface area contributed by atoms with Crippen LogP contribution >= 0.6 is 11.8 Å². The molecule has 0 spiro atoms. The largest absolute Gasteiger partial charge is 0.469 e. The van der Waals surface area contributed by atoms with E-state index in [0.717, 1.165) is 23.7 Å². The lowest BCUT2D eigenvalue weighted by Crippen LogP contribution is -2.33. The fourth-order valence-corrected chi connectivity index (χ4v) is 3.51. The van der Waals surface area contributed by atoms with Gasteiger partial charge in [-0.2, -0.15) is 0 Å². The van der Waals surface area contributed by atoms with E-state index in [9.17, 15) is 14.4 Å². The first-order chi connectivity index (χ1) is 13.8. The molecule has 0 aliphatic rings. The van der Waals surface area contributed by atoms with Crippen molar-refractivity contribution < 1.29 is 14.3 Å². The van der Waals surface area contributed by atoms with E-state index in [1.54, 1.807) is 0 Å². The molecule has 2 rings (SSSR count). The number of methoxy groups -OCH3 is 1. The van der Waals surface area contributed by atoms with Crippen LogP contribution in [-0.4, -0.2) is 34.7 Å². The van der Waals surface area contributed by atoms with Crippen molar-refractivity contribution in [3.05, 3.63) is 57.5 Å². The number of aromatic nitrogens is 2. The predicted molar refractivity (Wildman–Crippen MR) is 113 cm³/mol. The predicted octanol–water partition coefficient (Wildman–Crippen LogP) is 2.65. The molecule has 7 nitrogen and oxygen atoms in total. The van der Waals surface area contributed by atoms with Gasteiger partial charge in [0.15, 0.2) is 5.16 Å². The Morgan fingerprint density at radius 3 is 2.52 bits per heavy atom. The molecule has 1 aromatic heterocycles. The minimum Gasteiger partial charge on any atom is -0.469 e. The molecule has 0 saturated carbocycles. The van der Waals surface area contributed by atoms with Gasteiger partial charge in [0.1, 0.15) is 0 Å². The van der Waals surface area contributed by atoms with Crippen LogP contribution in [-0.2, 0) is 27.2 Å². The number of benzene rings is 1. The molecule has 8 heteroatoms. The molecule has 2 N–H and O–H groups in total. The monoisotopic (exact) mass is 417 g/mol. The number of carbonyl (C=O) groups excluding carboxylic acids is 2. The molecule has 1 aromatic carbocycles. The molecule has 1 amide bonds. The Bertz CT molecular complexity index is 894. The number of H-pyrrole nitrogens is 1. The zero-order valence-corrected chi connectivity index (χ0v) is 18.0. The highest BCUT2D eigenvalue weighted by molar-refractivity contribution is 7.99. The van der Waals surface area contributed by atoms with Crippen molar-refractivity contribution in [3.63, 3.8) is 0 Å². The van der Waals surface area contributed by atoms with Crippen LogP contribution in [0.2, 0.25) is 0 Å². The number of nitrogens with zero attached hydrogens (tertiary/aromatic N) is 1. The number of ether oxygens (including phenoxy) is 1. The van der Waals surface area contributed by atoms with Crippen molar-refractivity contribution in [2.75, 3.05) is 12.9 Å². The highest BCUT2D eigenvalue weighted by Crippen LogP contribution is 2.23. The van der Waals surface area contributed by atoms with Gasteiger partial charge in [0.2, 0.25) is 5.91 Å². The third kappa shape index (κ3) is 7.05. The Kier molecular flexibility index (Phi) is 8.45. The van der Waals surface area contributed by atoms with Crippen LogP contribution in [0.4, 0.5) is 0 Å². The molecule has 1 atom stereocenters. The maximum absolute atomic E-state index is 12.5. The Morgan fingerprint density at radius 1 is 1.24 bits per heavy atom. The SMILES string of the molecule is CCc1ccc([C@H](NC(=O)CSc2nc(CC(=O)OC)cc(=O)[nH]2)C(C)C)cc1. The van der Waals surface area contributed by atoms with E-state index < -0.39 is 5.97 Å². The summed E-state index contributed by atoms with van der Waals surface area (Å²) in [5.74, 6) is -0.321. The van der Waals surface area contributed by atoms with Gasteiger partial charge in [-0.15, -0.1) is 0 Å². The molecule has 2 aromatic rings. The van der Waals surface area contributed by atoms with Gasteiger partial charge in [-0.3, -0.25) is 14.4 Å². The summed E-state index contributed by atoms with van der Waals surface area (Å²) in [5, 5.41) is 3.35. The Labute approximate surface area is 174 Å². The number of aryl methyl sites for hydroxylation is 1. The van der Waals surface area contributed by atoms with Gasteiger partial charge < -0.3 is 15.0 Å². The van der Waals surface area contributed by atoms with E-state index in [4.69, 9.17) is 0 Å². The van der Waals surface area contributed by atoms with Crippen LogP contribution in [0.1, 0.15) is 43.6 Å². The van der Waals surface area contributed by atoms with Crippen molar-refractivity contribution in [1.29, 1.82) is 0 Å². The van der Waals surface area contributed by atoms with Crippen molar-refractivity contribution in [3.8, 4) is 0 Å². The molecule has 0 unspecified atom stereocenters. The van der Waals surface area contributed by atoms with Crippen LogP contribution in [0.25, 0.3) is 0 Å². The quantitative estimate of drug-likeness (QED) is 0.370. The maximum atomic E-state index is 12.5. The number of hydrogen-bond donors (Lipinski definition) is 2. The van der Waals surface area contributed by atoms with Gasteiger partial charge in [0.25, 0.3) is 5.56 Å². The Hall–Kier alpha value is -2.61. The Morgan fingerprint density at radius 2 is 1.93 bits per heavy atom. The van der Waals surface area contributed by atoms with Crippen LogP contribution in [0.5, 0.6) is 0 Å². The third-order valence-corrected chi connectivity index (χ3v) is 5.27. The van der Waals surface area contributed by atoms with Crippen LogP contribution in [0, 0.1) is 5.92 Å². The first-order valence-corrected chi connectivity index (χ1v) is 10.5. The zero-order valence-electron chi connectivity index (χ0n) is 17.2. The minimum atomic E-state index is -0.481. The van der Waals surface area contributed by atoms with E-state index >= 15 is 0 Å². The highest BCUT2D eigenvalue weighted by Gasteiger charge is 2.19. The average Bonchev–Trinajstić information content (AvgIpc) is 2.70. The number of rotatable bonds is 9. The van der Waals surface area contributed by atoms with E-state index in [1.807, 2.05) is 12.1 Å². The summed E-state index contributed by atoms with van der Waals surface area (Å²) >= 11 is 1.12. The van der Waals surface area contributed by atoms with Crippen molar-refractivity contribution in [2.24, 2.45) is 5.92 Å². The number of hydrogen-bond acceptors (Lipinski definition) is 6. The number of aromatic amines is 1. The van der Waals surface area contributed by atoms with Gasteiger partial charge >= 0.3 is 5.97 Å². The van der Waals surface area contributed by atoms with Crippen molar-refractivity contribution >= 4 is 23.6 Å². The minimum absolute atomic E-state index is 0.0939. The normalized spacial score (nSPS) is 11.9. The lowest BCUT2D eigenvalue weighted by atomic mass is 9.95. The lowest BCUT2D eigenvalue weighted by molar-refractivity contribution is -0.139. The van der Waals surface area contributed by atoms with Crippen molar-refractivity contribution in [2.45, 2.75) is 44.8 Å². The van der Waals surface area contributed by atoms with E-state index in [0.29, 0.717) is 10.9 Å². The highest BCUT2D eigenvalue weighted by atomic mass is 32.2. The molecule has 156 valence electrons. The van der Waals surface area contributed by atoms with Crippen LogP contribution in [0.3, 0.4) is 0 Å². The summed E-state index contributed by atoms with van der Waals surface area (Å²) in [6.45, 7) is 6.22. The summed E-state index contributed by atoms with van der Waals surface area (Å²) in [6, 6.07) is 9.39. The maximum Gasteiger partial charge on any atom is 0.311 e. The first kappa shape index (κ1) is 22.7. The standard InChI is InChI=1S/C21H27N3O4S/c1-5-14-6-8-15(9-7-14)20(13(2)3)23-18(26)12-29-21-22-16(10-17(25)24-21)11-19(27)28-4/h6-10,13,20H,5,11-12H2,1-4H3,(H,23,26)(H,22,24,25)/t20-/m1/s1. The summed E-state index contributed by atoms with van der Waals surface area (Å²) in [4.78, 5) is 42.4. The van der Waals surface area contributed by atoms with E-state index in [2.05, 4.69) is 52.9 Å². The number of esters is 1. The summed E-state index contributed by atoms with van der Waals surface area (Å²) in [7, 11) is 1.27. The number of amides is 1. The zero-order chi connectivity index (χ0) is 21.4. The van der Waals surface area contributed by atoms with Gasteiger partial charge in [0, 0.05) is 6.07 Å². The van der Waals surface area contributed by atoms with E-state index in [-0.39, 0.29) is 35.6 Å². The number of nitrogens with one attached hydrogen (secondary N) is 2. The van der Waals surface area contributed by atoms with Crippen LogP contribution in [0.15, 0.2) is 40.3 Å². The topological polar surface area (TPSA) is 101 Å².